The molecule has 10 heteroatoms. The molecule has 0 saturated carbocycles. The molecule has 360 valence electrons. The van der Waals surface area contributed by atoms with Gasteiger partial charge in [0.2, 0.25) is 0 Å². The Kier molecular flexibility index (Phi) is 17.1. The number of carbonyl (C=O) groups is 2. The Hall–Kier alpha value is -4.18. The van der Waals surface area contributed by atoms with E-state index in [-0.39, 0.29) is 41.8 Å². The summed E-state index contributed by atoms with van der Waals surface area (Å²) in [4.78, 5) is 34.5. The fourth-order valence-electron chi connectivity index (χ4n) is 11.6. The van der Waals surface area contributed by atoms with Crippen LogP contribution in [-0.2, 0) is 19.1 Å². The Morgan fingerprint density at radius 1 is 0.754 bits per heavy atom. The van der Waals surface area contributed by atoms with Crippen molar-refractivity contribution in [3.8, 4) is 0 Å². The molecule has 6 rings (SSSR count). The van der Waals surface area contributed by atoms with Gasteiger partial charge in [-0.2, -0.15) is 0 Å². The molecule has 0 spiro atoms. The Bertz CT molecular complexity index is 2220. The van der Waals surface area contributed by atoms with Gasteiger partial charge in [0.15, 0.2) is 0 Å². The summed E-state index contributed by atoms with van der Waals surface area (Å²) in [5, 5.41) is 32.0. The maximum absolute atomic E-state index is 13.7. The van der Waals surface area contributed by atoms with Crippen LogP contribution >= 0.6 is 0 Å². The van der Waals surface area contributed by atoms with E-state index < -0.39 is 24.0 Å². The first-order valence-corrected chi connectivity index (χ1v) is 25.4. The minimum atomic E-state index is -1.00. The minimum absolute atomic E-state index is 0.0145. The Morgan fingerprint density at radius 3 is 1.94 bits per heavy atom. The van der Waals surface area contributed by atoms with E-state index in [1.165, 1.54) is 58.5 Å². The van der Waals surface area contributed by atoms with Crippen LogP contribution in [0.5, 0.6) is 0 Å². The summed E-state index contributed by atoms with van der Waals surface area (Å²) in [5.74, 6) is 1.36. The summed E-state index contributed by atoms with van der Waals surface area (Å²) in [6, 6.07) is -0.408. The molecule has 0 aromatic carbocycles. The van der Waals surface area contributed by atoms with Crippen LogP contribution in [0, 0.1) is 67.1 Å². The molecule has 2 fully saturated rings. The van der Waals surface area contributed by atoms with Crippen LogP contribution in [0.1, 0.15) is 186 Å². The molecule has 0 radical (unpaired) electrons. The van der Waals surface area contributed by atoms with Gasteiger partial charge < -0.3 is 40.3 Å². The maximum atomic E-state index is 13.7. The molecule has 0 amide bonds. The normalized spacial score (nSPS) is 26.6. The molecule has 3 aliphatic heterocycles. The van der Waals surface area contributed by atoms with Gasteiger partial charge in [-0.3, -0.25) is 9.59 Å². The van der Waals surface area contributed by atoms with Crippen LogP contribution in [0.15, 0.2) is 17.1 Å². The number of allylic oxidation sites excluding steroid dienone is 3. The Morgan fingerprint density at radius 2 is 1.34 bits per heavy atom. The quantitative estimate of drug-likeness (QED) is 0.0679. The van der Waals surface area contributed by atoms with E-state index >= 15 is 0 Å². The van der Waals surface area contributed by atoms with Crippen molar-refractivity contribution in [1.29, 1.82) is 0 Å². The second-order valence-corrected chi connectivity index (χ2v) is 21.2. The number of fused-ring (bicyclic) bond motifs is 8. The number of aromatic nitrogens is 2. The second-order valence-electron chi connectivity index (χ2n) is 21.2. The van der Waals surface area contributed by atoms with Crippen molar-refractivity contribution in [2.45, 2.75) is 172 Å². The lowest BCUT2D eigenvalue weighted by Gasteiger charge is -2.26. The van der Waals surface area contributed by atoms with Gasteiger partial charge in [0.05, 0.1) is 31.2 Å². The third-order valence-electron chi connectivity index (χ3n) is 15.8. The summed E-state index contributed by atoms with van der Waals surface area (Å²) < 4.78 is 11.3. The number of rotatable bonds is 21. The van der Waals surface area contributed by atoms with Crippen LogP contribution in [0.25, 0.3) is 29.6 Å². The van der Waals surface area contributed by atoms with Gasteiger partial charge in [0.25, 0.3) is 0 Å². The van der Waals surface area contributed by atoms with Crippen molar-refractivity contribution in [3.05, 3.63) is 61.4 Å². The summed E-state index contributed by atoms with van der Waals surface area (Å²) in [6.07, 6.45) is 19.9. The fraction of sp³-hybridized carbons (Fsp3) is 0.673. The molecule has 10 nitrogen and oxygen atoms in total. The molecule has 5 heterocycles. The molecule has 10 atom stereocenters. The van der Waals surface area contributed by atoms with Crippen molar-refractivity contribution < 1.29 is 29.3 Å². The Balaban J connectivity index is 1.18. The first kappa shape index (κ1) is 50.2. The van der Waals surface area contributed by atoms with Gasteiger partial charge in [-0.15, -0.1) is 0 Å². The lowest BCUT2D eigenvalue weighted by Crippen LogP contribution is -2.38. The van der Waals surface area contributed by atoms with Crippen molar-refractivity contribution in [2.24, 2.45) is 53.3 Å². The maximum Gasteiger partial charge on any atom is 0.320 e. The molecule has 6 N–H and O–H groups in total. The number of nitrogens with one attached hydrogen (secondary N) is 4. The molecular weight excluding hydrogens is 813 g/mol. The summed E-state index contributed by atoms with van der Waals surface area (Å²) in [7, 11) is 1.36. The van der Waals surface area contributed by atoms with Crippen molar-refractivity contribution in [2.75, 3.05) is 13.7 Å². The number of carbonyl (C=O) groups excluding carboxylic acids is 2. The number of ether oxygens (including phenoxy) is 2. The Labute approximate surface area is 390 Å². The molecule has 8 bridgehead atoms. The number of aliphatic hydroxyl groups is 2. The fourth-order valence-corrected chi connectivity index (χ4v) is 11.6. The van der Waals surface area contributed by atoms with E-state index in [1.54, 1.807) is 6.92 Å². The second kappa shape index (κ2) is 22.1. The number of esters is 2. The van der Waals surface area contributed by atoms with Crippen LogP contribution in [0.2, 0.25) is 0 Å². The standard InChI is InChI=1S/C55H84N4O6/c1-13-39-34(7)41-29-46-48(38(11)60)36(9)43(57-46)27-42-35(8)40(52(58-42)50-51(55(63)64-12)54(62)49-37(10)44(59-53(49)50)28-45(39)56-41)23-24-47(61)65-26-25-33(6)22-16-21-32(5)20-15-19-31(4)18-14-17-30(2)3/h27-35,38-40,51-52,56-60,62H,13-26H2,1-12H3/b41-29-,42-27-,45-28-/t31-,32-,33?,34-,35+,38?,39-,40+,51-,52?/m1/s1. The lowest BCUT2D eigenvalue weighted by atomic mass is 9.80. The third kappa shape index (κ3) is 11.3. The van der Waals surface area contributed by atoms with Gasteiger partial charge in [0.1, 0.15) is 11.7 Å². The smallest absolute Gasteiger partial charge is 0.320 e. The van der Waals surface area contributed by atoms with Crippen molar-refractivity contribution in [3.63, 3.8) is 0 Å². The average molecular weight is 897 g/mol. The molecule has 2 aromatic heterocycles. The van der Waals surface area contributed by atoms with Crippen LogP contribution in [0.4, 0.5) is 0 Å². The van der Waals surface area contributed by atoms with Gasteiger partial charge in [-0.1, -0.05) is 113 Å². The topological polar surface area (TPSA) is 149 Å². The predicted molar refractivity (Wildman–Crippen MR) is 264 cm³/mol. The van der Waals surface area contributed by atoms with Gasteiger partial charge >= 0.3 is 11.9 Å². The summed E-state index contributed by atoms with van der Waals surface area (Å²) >= 11 is 0. The SMILES string of the molecule is CC[C@H]1/C2=C/c3[nH]c4c(c3C)=C(O)[C@H](C(=O)OC)C=4C3N/C(=C\c4[nH]c(c(C(C)O)c4C)/C=C(\N2)[C@@H]1C)[C@@H](C)[C@@H]3CCC(=O)OCCC(C)CCC[C@H](C)CCC[C@H](C)CCCC(C)C. The summed E-state index contributed by atoms with van der Waals surface area (Å²) in [6.45, 7) is 24.6. The molecule has 4 aliphatic rings. The number of methoxy groups -OCH3 is 1. The number of hydrogen-bond donors (Lipinski definition) is 6. The molecule has 1 aliphatic carbocycles. The highest BCUT2D eigenvalue weighted by Gasteiger charge is 2.47. The van der Waals surface area contributed by atoms with Gasteiger partial charge in [-0.05, 0) is 105 Å². The van der Waals surface area contributed by atoms with E-state index in [2.05, 4.69) is 94.2 Å². The monoisotopic (exact) mass is 897 g/mol. The van der Waals surface area contributed by atoms with E-state index in [0.29, 0.717) is 24.2 Å². The largest absolute Gasteiger partial charge is 0.510 e. The van der Waals surface area contributed by atoms with Gasteiger partial charge in [-0.25, -0.2) is 0 Å². The highest BCUT2D eigenvalue weighted by Crippen LogP contribution is 2.44. The van der Waals surface area contributed by atoms with Crippen LogP contribution < -0.4 is 21.2 Å². The zero-order valence-corrected chi connectivity index (χ0v) is 42.0. The number of hydrogen-bond acceptors (Lipinski definition) is 8. The van der Waals surface area contributed by atoms with Crippen molar-refractivity contribution in [1.82, 2.24) is 20.6 Å². The summed E-state index contributed by atoms with van der Waals surface area (Å²) in [5.41, 5.74) is 9.11. The minimum Gasteiger partial charge on any atom is -0.510 e. The van der Waals surface area contributed by atoms with Gasteiger partial charge in [0, 0.05) is 69.1 Å². The first-order valence-electron chi connectivity index (χ1n) is 25.4. The molecular formula is C55H84N4O6. The molecule has 2 aromatic rings. The first-order chi connectivity index (χ1) is 30.9. The van der Waals surface area contributed by atoms with Crippen LogP contribution in [0.3, 0.4) is 0 Å². The zero-order valence-electron chi connectivity index (χ0n) is 42.0. The lowest BCUT2D eigenvalue weighted by molar-refractivity contribution is -0.144. The molecule has 65 heavy (non-hydrogen) atoms. The highest BCUT2D eigenvalue weighted by molar-refractivity contribution is 5.95. The van der Waals surface area contributed by atoms with E-state index in [9.17, 15) is 19.8 Å². The third-order valence-corrected chi connectivity index (χ3v) is 15.8. The van der Waals surface area contributed by atoms with Crippen LogP contribution in [-0.4, -0.2) is 51.9 Å². The predicted octanol–water partition coefficient (Wildman–Crippen LogP) is 10.6. The zero-order chi connectivity index (χ0) is 47.3. The van der Waals surface area contributed by atoms with E-state index in [1.807, 2.05) is 13.8 Å². The molecule has 2 saturated heterocycles. The average Bonchev–Trinajstić information content (AvgIpc) is 4.00. The number of H-pyrrole nitrogens is 2. The number of aliphatic hydroxyl groups excluding tert-OH is 2. The molecule has 3 unspecified atom stereocenters. The highest BCUT2D eigenvalue weighted by atomic mass is 16.5. The van der Waals surface area contributed by atoms with Crippen molar-refractivity contribution >= 4 is 41.5 Å². The van der Waals surface area contributed by atoms with E-state index in [4.69, 9.17) is 9.47 Å². The van der Waals surface area contributed by atoms with E-state index in [0.717, 1.165) is 98.8 Å². The number of aromatic amines is 2.